The number of hydrogen-bond acceptors (Lipinski definition) is 5. The van der Waals surface area contributed by atoms with Crippen LogP contribution in [-0.4, -0.2) is 77.8 Å². The average Bonchev–Trinajstić information content (AvgIpc) is 2.95. The van der Waals surface area contributed by atoms with Gasteiger partial charge in [-0.1, -0.05) is 50.5 Å². The lowest BCUT2D eigenvalue weighted by Crippen LogP contribution is -2.52. The van der Waals surface area contributed by atoms with Gasteiger partial charge >= 0.3 is 12.1 Å². The molecule has 216 valence electrons. The van der Waals surface area contributed by atoms with Crippen LogP contribution in [0.25, 0.3) is 0 Å². The van der Waals surface area contributed by atoms with Crippen molar-refractivity contribution < 1.29 is 24.2 Å². The lowest BCUT2D eigenvalue weighted by molar-refractivity contribution is 0.0368. The molecule has 0 radical (unpaired) electrons. The van der Waals surface area contributed by atoms with Crippen molar-refractivity contribution in [3.8, 4) is 5.75 Å². The molecule has 1 fully saturated rings. The van der Waals surface area contributed by atoms with Crippen LogP contribution in [-0.2, 0) is 0 Å². The predicted molar refractivity (Wildman–Crippen MR) is 155 cm³/mol. The third-order valence-corrected chi connectivity index (χ3v) is 7.70. The molecule has 0 aromatic heterocycles. The highest BCUT2D eigenvalue weighted by Gasteiger charge is 2.35. The molecule has 40 heavy (non-hydrogen) atoms. The number of aliphatic hydroxyl groups excluding tert-OH is 1. The predicted octanol–water partition coefficient (Wildman–Crippen LogP) is 4.52. The molecular formula is C30H41N5O5. The topological polar surface area (TPSA) is 123 Å². The van der Waals surface area contributed by atoms with Crippen LogP contribution in [0.15, 0.2) is 48.5 Å². The maximum Gasteiger partial charge on any atom is 0.323 e. The number of likely N-dealkylation sites (N-methyl/N-ethyl adjacent to an activating group) is 1. The molecule has 2 aromatic rings. The van der Waals surface area contributed by atoms with E-state index in [1.54, 1.807) is 54.1 Å². The molecule has 1 heterocycles. The van der Waals surface area contributed by atoms with Gasteiger partial charge < -0.3 is 35.6 Å². The second-order valence-electron chi connectivity index (χ2n) is 10.9. The number of anilines is 2. The Morgan fingerprint density at radius 2 is 1.80 bits per heavy atom. The van der Waals surface area contributed by atoms with E-state index in [2.05, 4.69) is 16.0 Å². The Bertz CT molecular complexity index is 1170. The largest absolute Gasteiger partial charge is 0.485 e. The van der Waals surface area contributed by atoms with E-state index in [4.69, 9.17) is 4.74 Å². The molecule has 0 bridgehead atoms. The number of nitrogens with zero attached hydrogens (tertiary/aromatic N) is 2. The zero-order valence-electron chi connectivity index (χ0n) is 23.6. The number of benzene rings is 2. The van der Waals surface area contributed by atoms with Crippen LogP contribution in [0.3, 0.4) is 0 Å². The number of nitrogens with one attached hydrogen (secondary N) is 3. The minimum absolute atomic E-state index is 0.157. The van der Waals surface area contributed by atoms with Crippen molar-refractivity contribution in [2.75, 3.05) is 37.4 Å². The SMILES string of the molecule is C[C@@H]1CN([C@H](C)CO)C(=O)c2cccc(NC(=O)Nc3ccccc3)c2O[C@H]1CN(C)C(=O)NC1CCCCC1. The van der Waals surface area contributed by atoms with Crippen LogP contribution >= 0.6 is 0 Å². The van der Waals surface area contributed by atoms with Gasteiger partial charge in [-0.2, -0.15) is 0 Å². The summed E-state index contributed by atoms with van der Waals surface area (Å²) in [6.45, 7) is 4.18. The Kier molecular flexibility index (Phi) is 9.87. The summed E-state index contributed by atoms with van der Waals surface area (Å²) in [5.74, 6) is -0.233. The van der Waals surface area contributed by atoms with Crippen molar-refractivity contribution in [1.82, 2.24) is 15.1 Å². The molecule has 0 saturated heterocycles. The zero-order chi connectivity index (χ0) is 28.6. The van der Waals surface area contributed by atoms with E-state index in [1.165, 1.54) is 6.42 Å². The van der Waals surface area contributed by atoms with E-state index in [0.717, 1.165) is 25.7 Å². The number of carbonyl (C=O) groups is 3. The molecule has 1 aliphatic carbocycles. The van der Waals surface area contributed by atoms with E-state index in [-0.39, 0.29) is 48.4 Å². The Morgan fingerprint density at radius 3 is 2.50 bits per heavy atom. The van der Waals surface area contributed by atoms with E-state index in [1.807, 2.05) is 25.1 Å². The first-order valence-corrected chi connectivity index (χ1v) is 14.1. The van der Waals surface area contributed by atoms with E-state index in [9.17, 15) is 19.5 Å². The Morgan fingerprint density at radius 1 is 1.07 bits per heavy atom. The van der Waals surface area contributed by atoms with Gasteiger partial charge in [0.05, 0.1) is 30.4 Å². The normalized spacial score (nSPS) is 20.3. The van der Waals surface area contributed by atoms with Gasteiger partial charge in [0.2, 0.25) is 0 Å². The van der Waals surface area contributed by atoms with Crippen LogP contribution in [0.5, 0.6) is 5.75 Å². The maximum absolute atomic E-state index is 13.7. The van der Waals surface area contributed by atoms with Crippen molar-refractivity contribution >= 4 is 29.3 Å². The molecular weight excluding hydrogens is 510 g/mol. The lowest BCUT2D eigenvalue weighted by Gasteiger charge is -2.38. The number of carbonyl (C=O) groups excluding carboxylic acids is 3. The monoisotopic (exact) mass is 551 g/mol. The minimum atomic E-state index is -0.484. The molecule has 1 aliphatic heterocycles. The Labute approximate surface area is 236 Å². The first kappa shape index (κ1) is 29.2. The first-order chi connectivity index (χ1) is 19.3. The van der Waals surface area contributed by atoms with Crippen LogP contribution in [0.2, 0.25) is 0 Å². The lowest BCUT2D eigenvalue weighted by atomic mass is 9.96. The summed E-state index contributed by atoms with van der Waals surface area (Å²) in [5.41, 5.74) is 1.24. The third kappa shape index (κ3) is 7.24. The van der Waals surface area contributed by atoms with Crippen molar-refractivity contribution in [2.45, 2.75) is 64.1 Å². The number of amides is 5. The standard InChI is InChI=1S/C30H41N5O5/c1-20-17-35(21(2)19-36)28(37)24-15-10-16-25(33-29(38)31-22-11-6-4-7-12-22)27(24)40-26(20)18-34(3)30(39)32-23-13-8-5-9-14-23/h4,6-7,10-12,15-16,20-21,23,26,36H,5,8-9,13-14,17-19H2,1-3H3,(H,32,39)(H2,31,33,38)/t20-,21-,26+/m1/s1. The van der Waals surface area contributed by atoms with Crippen LogP contribution in [0.4, 0.5) is 21.0 Å². The number of ether oxygens (including phenoxy) is 1. The molecule has 2 aliphatic rings. The fourth-order valence-corrected chi connectivity index (χ4v) is 5.25. The molecule has 10 heteroatoms. The zero-order valence-corrected chi connectivity index (χ0v) is 23.6. The van der Waals surface area contributed by atoms with Gasteiger partial charge in [-0.25, -0.2) is 9.59 Å². The molecule has 0 unspecified atom stereocenters. The molecule has 10 nitrogen and oxygen atoms in total. The van der Waals surface area contributed by atoms with Crippen molar-refractivity contribution in [1.29, 1.82) is 0 Å². The molecule has 5 amide bonds. The second-order valence-corrected chi connectivity index (χ2v) is 10.9. The molecule has 1 saturated carbocycles. The number of rotatable bonds is 7. The second kappa shape index (κ2) is 13.5. The van der Waals surface area contributed by atoms with Gasteiger partial charge in [0.1, 0.15) is 6.10 Å². The summed E-state index contributed by atoms with van der Waals surface area (Å²) in [4.78, 5) is 42.8. The van der Waals surface area contributed by atoms with Crippen LogP contribution in [0.1, 0.15) is 56.3 Å². The summed E-state index contributed by atoms with van der Waals surface area (Å²) < 4.78 is 6.50. The number of para-hydroxylation sites is 2. The quantitative estimate of drug-likeness (QED) is 0.403. The molecule has 4 N–H and O–H groups in total. The summed E-state index contributed by atoms with van der Waals surface area (Å²) in [5, 5.41) is 18.7. The first-order valence-electron chi connectivity index (χ1n) is 14.1. The molecule has 0 spiro atoms. The van der Waals surface area contributed by atoms with Crippen molar-refractivity contribution in [3.63, 3.8) is 0 Å². The maximum atomic E-state index is 13.7. The minimum Gasteiger partial charge on any atom is -0.485 e. The molecule has 3 atom stereocenters. The van der Waals surface area contributed by atoms with Gasteiger partial charge in [-0.05, 0) is 44.0 Å². The average molecular weight is 552 g/mol. The highest BCUT2D eigenvalue weighted by atomic mass is 16.5. The number of aliphatic hydroxyl groups is 1. The molecule has 4 rings (SSSR count). The van der Waals surface area contributed by atoms with Gasteiger partial charge in [0, 0.05) is 31.2 Å². The fourth-order valence-electron chi connectivity index (χ4n) is 5.25. The van der Waals surface area contributed by atoms with Gasteiger partial charge in [0.15, 0.2) is 5.75 Å². The summed E-state index contributed by atoms with van der Waals surface area (Å²) in [6, 6.07) is 13.2. The van der Waals surface area contributed by atoms with E-state index in [0.29, 0.717) is 17.9 Å². The van der Waals surface area contributed by atoms with E-state index >= 15 is 0 Å². The Balaban J connectivity index is 1.59. The third-order valence-electron chi connectivity index (χ3n) is 7.70. The van der Waals surface area contributed by atoms with Crippen LogP contribution in [0, 0.1) is 5.92 Å². The fraction of sp³-hybridized carbons (Fsp3) is 0.500. The number of fused-ring (bicyclic) bond motifs is 1. The summed E-state index contributed by atoms with van der Waals surface area (Å²) in [6.07, 6.45) is 4.93. The van der Waals surface area contributed by atoms with E-state index < -0.39 is 18.2 Å². The van der Waals surface area contributed by atoms with Crippen molar-refractivity contribution in [2.24, 2.45) is 5.92 Å². The highest BCUT2D eigenvalue weighted by Crippen LogP contribution is 2.35. The molecule has 2 aromatic carbocycles. The van der Waals surface area contributed by atoms with Crippen LogP contribution < -0.4 is 20.7 Å². The smallest absolute Gasteiger partial charge is 0.323 e. The van der Waals surface area contributed by atoms with Gasteiger partial charge in [-0.15, -0.1) is 0 Å². The number of urea groups is 2. The van der Waals surface area contributed by atoms with Gasteiger partial charge in [-0.3, -0.25) is 4.79 Å². The van der Waals surface area contributed by atoms with Crippen molar-refractivity contribution in [3.05, 3.63) is 54.1 Å². The summed E-state index contributed by atoms with van der Waals surface area (Å²) in [7, 11) is 1.74. The highest BCUT2D eigenvalue weighted by molar-refractivity contribution is 6.04. The number of hydrogen-bond donors (Lipinski definition) is 4. The summed E-state index contributed by atoms with van der Waals surface area (Å²) >= 11 is 0. The van der Waals surface area contributed by atoms with Gasteiger partial charge in [0.25, 0.3) is 5.91 Å². The Hall–Kier alpha value is -3.79.